The molecule has 0 amide bonds. The number of esters is 1. The van der Waals surface area contributed by atoms with Crippen molar-refractivity contribution in [3.63, 3.8) is 0 Å². The van der Waals surface area contributed by atoms with Crippen LogP contribution in [0.4, 0.5) is 22.7 Å². The van der Waals surface area contributed by atoms with Crippen LogP contribution in [0.15, 0.2) is 83.0 Å². The molecule has 0 spiro atoms. The Morgan fingerprint density at radius 1 is 1.03 bits per heavy atom. The minimum absolute atomic E-state index is 0.0118. The average molecular weight is 463 g/mol. The number of nitro benzene ring substituents is 1. The molecule has 0 N–H and O–H groups in total. The minimum atomic E-state index is -0.466. The van der Waals surface area contributed by atoms with Crippen molar-refractivity contribution in [2.75, 3.05) is 25.2 Å². The first-order chi connectivity index (χ1) is 16.5. The molecule has 0 aromatic heterocycles. The summed E-state index contributed by atoms with van der Waals surface area (Å²) in [4.78, 5) is 24.4. The SMILES string of the molecule is CCOC(=O)CCN(Cc1ccccc1)c1ccc(N=Nc2ccc([N+](=O)[O-])cc2)c(OC)c1. The molecule has 0 unspecified atom stereocenters. The number of benzene rings is 3. The van der Waals surface area contributed by atoms with Gasteiger partial charge in [0.25, 0.3) is 5.69 Å². The zero-order chi connectivity index (χ0) is 24.3. The van der Waals surface area contributed by atoms with Crippen LogP contribution in [0.2, 0.25) is 0 Å². The number of nitrogens with zero attached hydrogens (tertiary/aromatic N) is 4. The lowest BCUT2D eigenvalue weighted by Gasteiger charge is -2.25. The van der Waals surface area contributed by atoms with E-state index in [1.54, 1.807) is 20.1 Å². The Balaban J connectivity index is 1.82. The molecule has 0 heterocycles. The van der Waals surface area contributed by atoms with Gasteiger partial charge < -0.3 is 14.4 Å². The highest BCUT2D eigenvalue weighted by molar-refractivity contribution is 5.70. The Morgan fingerprint density at radius 3 is 2.41 bits per heavy atom. The lowest BCUT2D eigenvalue weighted by molar-refractivity contribution is -0.384. The van der Waals surface area contributed by atoms with Crippen molar-refractivity contribution >= 4 is 28.7 Å². The second-order valence-corrected chi connectivity index (χ2v) is 7.29. The van der Waals surface area contributed by atoms with Crippen LogP contribution in [-0.4, -0.2) is 31.2 Å². The van der Waals surface area contributed by atoms with E-state index in [9.17, 15) is 14.9 Å². The van der Waals surface area contributed by atoms with Crippen LogP contribution >= 0.6 is 0 Å². The summed E-state index contributed by atoms with van der Waals surface area (Å²) in [5, 5.41) is 19.2. The fourth-order valence-electron chi connectivity index (χ4n) is 3.26. The van der Waals surface area contributed by atoms with Crippen LogP contribution in [-0.2, 0) is 16.1 Å². The van der Waals surface area contributed by atoms with E-state index in [4.69, 9.17) is 9.47 Å². The number of rotatable bonds is 11. The molecule has 3 aromatic rings. The van der Waals surface area contributed by atoms with Gasteiger partial charge in [0.05, 0.1) is 30.7 Å². The molecule has 0 fully saturated rings. The third-order valence-corrected chi connectivity index (χ3v) is 4.97. The molecule has 176 valence electrons. The van der Waals surface area contributed by atoms with Crippen molar-refractivity contribution in [1.29, 1.82) is 0 Å². The monoisotopic (exact) mass is 462 g/mol. The van der Waals surface area contributed by atoms with Crippen LogP contribution in [0.3, 0.4) is 0 Å². The van der Waals surface area contributed by atoms with Crippen LogP contribution in [0.1, 0.15) is 18.9 Å². The van der Waals surface area contributed by atoms with Crippen LogP contribution in [0.25, 0.3) is 0 Å². The maximum atomic E-state index is 11.9. The van der Waals surface area contributed by atoms with Crippen molar-refractivity contribution in [1.82, 2.24) is 0 Å². The number of hydrogen-bond acceptors (Lipinski definition) is 8. The number of carbonyl (C=O) groups is 1. The smallest absolute Gasteiger partial charge is 0.307 e. The maximum Gasteiger partial charge on any atom is 0.307 e. The van der Waals surface area contributed by atoms with Crippen molar-refractivity contribution in [2.45, 2.75) is 19.9 Å². The number of non-ortho nitro benzene ring substituents is 1. The summed E-state index contributed by atoms with van der Waals surface area (Å²) in [7, 11) is 1.55. The second kappa shape index (κ2) is 12.1. The molecule has 3 aromatic carbocycles. The molecule has 0 aliphatic rings. The first-order valence-corrected chi connectivity index (χ1v) is 10.8. The Bertz CT molecular complexity index is 1130. The lowest BCUT2D eigenvalue weighted by atomic mass is 10.1. The zero-order valence-corrected chi connectivity index (χ0v) is 19.1. The normalized spacial score (nSPS) is 10.8. The number of nitro groups is 1. The molecule has 0 aliphatic carbocycles. The molecular weight excluding hydrogens is 436 g/mol. The molecule has 0 atom stereocenters. The van der Waals surface area contributed by atoms with Gasteiger partial charge in [-0.15, -0.1) is 5.11 Å². The Kier molecular flexibility index (Phi) is 8.67. The summed E-state index contributed by atoms with van der Waals surface area (Å²) in [5.41, 5.74) is 2.94. The van der Waals surface area contributed by atoms with E-state index in [1.807, 2.05) is 42.5 Å². The van der Waals surface area contributed by atoms with Gasteiger partial charge in [0.1, 0.15) is 11.4 Å². The predicted octanol–water partition coefficient (Wildman–Crippen LogP) is 5.98. The lowest BCUT2D eigenvalue weighted by Crippen LogP contribution is -2.26. The van der Waals surface area contributed by atoms with Crippen molar-refractivity contribution in [3.8, 4) is 5.75 Å². The van der Waals surface area contributed by atoms with Gasteiger partial charge in [0, 0.05) is 37.0 Å². The predicted molar refractivity (Wildman–Crippen MR) is 129 cm³/mol. The molecule has 34 heavy (non-hydrogen) atoms. The first kappa shape index (κ1) is 24.4. The van der Waals surface area contributed by atoms with Crippen molar-refractivity contribution in [2.24, 2.45) is 10.2 Å². The third-order valence-electron chi connectivity index (χ3n) is 4.97. The number of carbonyl (C=O) groups excluding carboxylic acids is 1. The third kappa shape index (κ3) is 6.86. The first-order valence-electron chi connectivity index (χ1n) is 10.8. The summed E-state index contributed by atoms with van der Waals surface area (Å²) < 4.78 is 10.6. The average Bonchev–Trinajstić information content (AvgIpc) is 2.86. The van der Waals surface area contributed by atoms with Gasteiger partial charge in [0.15, 0.2) is 0 Å². The molecule has 0 bridgehead atoms. The fraction of sp³-hybridized carbons (Fsp3) is 0.240. The van der Waals surface area contributed by atoms with Gasteiger partial charge in [0.2, 0.25) is 0 Å². The molecular formula is C25H26N4O5. The quantitative estimate of drug-likeness (QED) is 0.150. The summed E-state index contributed by atoms with van der Waals surface area (Å²) in [5.74, 6) is 0.262. The Labute approximate surface area is 197 Å². The minimum Gasteiger partial charge on any atom is -0.494 e. The van der Waals surface area contributed by atoms with Gasteiger partial charge in [-0.2, -0.15) is 5.11 Å². The molecule has 9 nitrogen and oxygen atoms in total. The molecule has 0 saturated carbocycles. The van der Waals surface area contributed by atoms with Gasteiger partial charge in [-0.1, -0.05) is 30.3 Å². The number of anilines is 1. The molecule has 0 aliphatic heterocycles. The Hall–Kier alpha value is -4.27. The van der Waals surface area contributed by atoms with Gasteiger partial charge in [-0.05, 0) is 36.8 Å². The summed E-state index contributed by atoms with van der Waals surface area (Å²) in [6, 6.07) is 21.3. The topological polar surface area (TPSA) is 107 Å². The van der Waals surface area contributed by atoms with E-state index in [1.165, 1.54) is 24.3 Å². The number of hydrogen-bond donors (Lipinski definition) is 0. The fourth-order valence-corrected chi connectivity index (χ4v) is 3.26. The van der Waals surface area contributed by atoms with Crippen LogP contribution in [0, 0.1) is 10.1 Å². The largest absolute Gasteiger partial charge is 0.494 e. The molecule has 9 heteroatoms. The van der Waals surface area contributed by atoms with Crippen LogP contribution in [0.5, 0.6) is 5.75 Å². The Morgan fingerprint density at radius 2 is 1.76 bits per heavy atom. The highest BCUT2D eigenvalue weighted by Crippen LogP contribution is 2.34. The second-order valence-electron chi connectivity index (χ2n) is 7.29. The summed E-state index contributed by atoms with van der Waals surface area (Å²) in [6.07, 6.45) is 0.255. The standard InChI is InChI=1S/C25H26N4O5/c1-3-34-25(30)15-16-28(18-19-7-5-4-6-8-19)22-13-14-23(24(17-22)33-2)27-26-20-9-11-21(12-10-20)29(31)32/h4-14,17H,3,15-16,18H2,1-2H3. The number of methoxy groups -OCH3 is 1. The van der Waals surface area contributed by atoms with E-state index >= 15 is 0 Å². The summed E-state index contributed by atoms with van der Waals surface area (Å²) in [6.45, 7) is 3.21. The van der Waals surface area contributed by atoms with Gasteiger partial charge in [-0.25, -0.2) is 0 Å². The summed E-state index contributed by atoms with van der Waals surface area (Å²) >= 11 is 0. The van der Waals surface area contributed by atoms with Crippen molar-refractivity contribution < 1.29 is 19.2 Å². The highest BCUT2D eigenvalue weighted by atomic mass is 16.6. The highest BCUT2D eigenvalue weighted by Gasteiger charge is 2.14. The van der Waals surface area contributed by atoms with E-state index in [0.717, 1.165) is 11.3 Å². The zero-order valence-electron chi connectivity index (χ0n) is 19.1. The van der Waals surface area contributed by atoms with E-state index in [-0.39, 0.29) is 18.1 Å². The number of ether oxygens (including phenoxy) is 2. The van der Waals surface area contributed by atoms with Crippen molar-refractivity contribution in [3.05, 3.63) is 88.5 Å². The van der Waals surface area contributed by atoms with E-state index in [2.05, 4.69) is 15.1 Å². The van der Waals surface area contributed by atoms with E-state index in [0.29, 0.717) is 36.8 Å². The number of azo groups is 1. The molecule has 0 saturated heterocycles. The van der Waals surface area contributed by atoms with Gasteiger partial charge in [-0.3, -0.25) is 14.9 Å². The van der Waals surface area contributed by atoms with E-state index < -0.39 is 4.92 Å². The van der Waals surface area contributed by atoms with Crippen LogP contribution < -0.4 is 9.64 Å². The maximum absolute atomic E-state index is 11.9. The molecule has 0 radical (unpaired) electrons. The molecule has 3 rings (SSSR count). The van der Waals surface area contributed by atoms with Gasteiger partial charge >= 0.3 is 5.97 Å².